The van der Waals surface area contributed by atoms with Crippen molar-refractivity contribution < 1.29 is 24.7 Å². The molecule has 0 heterocycles. The lowest BCUT2D eigenvalue weighted by Gasteiger charge is -2.41. The lowest BCUT2D eigenvalue weighted by molar-refractivity contribution is -0.384. The van der Waals surface area contributed by atoms with Crippen molar-refractivity contribution in [2.75, 3.05) is 0 Å². The number of allylic oxidation sites excluding steroid dienone is 1. The zero-order valence-corrected chi connectivity index (χ0v) is 13.6. The van der Waals surface area contributed by atoms with E-state index in [1.54, 1.807) is 6.07 Å². The summed E-state index contributed by atoms with van der Waals surface area (Å²) in [7, 11) is 0. The topological polar surface area (TPSA) is 118 Å². The molecule has 128 valence electrons. The number of carbonyl (C=O) groups excluding carboxylic acids is 2. The van der Waals surface area contributed by atoms with Crippen molar-refractivity contribution in [1.82, 2.24) is 0 Å². The second kappa shape index (κ2) is 6.16. The number of non-ortho nitro benzene ring substituents is 1. The summed E-state index contributed by atoms with van der Waals surface area (Å²) in [6.45, 7) is 3.97. The first-order valence-corrected chi connectivity index (χ1v) is 7.46. The molecule has 2 rings (SSSR count). The summed E-state index contributed by atoms with van der Waals surface area (Å²) in [5, 5.41) is 31.9. The number of nitrogens with zero attached hydrogens (tertiary/aromatic N) is 1. The van der Waals surface area contributed by atoms with Crippen LogP contribution in [0.4, 0.5) is 5.69 Å². The van der Waals surface area contributed by atoms with Crippen molar-refractivity contribution >= 4 is 17.3 Å². The van der Waals surface area contributed by atoms with Crippen molar-refractivity contribution in [3.05, 3.63) is 51.3 Å². The van der Waals surface area contributed by atoms with E-state index in [0.717, 1.165) is 0 Å². The molecule has 1 aromatic carbocycles. The molecule has 7 nitrogen and oxygen atoms in total. The fraction of sp³-hybridized carbons (Fsp3) is 0.412. The van der Waals surface area contributed by atoms with Crippen molar-refractivity contribution in [3.63, 3.8) is 0 Å². The number of aliphatic hydroxyl groups excluding tert-OH is 1. The predicted octanol–water partition coefficient (Wildman–Crippen LogP) is 2.44. The minimum Gasteiger partial charge on any atom is -0.512 e. The number of benzene rings is 1. The summed E-state index contributed by atoms with van der Waals surface area (Å²) in [6.07, 6.45) is -0.225. The summed E-state index contributed by atoms with van der Waals surface area (Å²) >= 11 is 0. The molecule has 0 aromatic heterocycles. The van der Waals surface area contributed by atoms with E-state index in [0.29, 0.717) is 5.56 Å². The van der Waals surface area contributed by atoms with Gasteiger partial charge in [0.05, 0.1) is 16.4 Å². The molecule has 7 heteroatoms. The van der Waals surface area contributed by atoms with Crippen molar-refractivity contribution in [2.24, 2.45) is 5.92 Å². The molecule has 0 amide bonds. The summed E-state index contributed by atoms with van der Waals surface area (Å²) in [6, 6.07) is 5.55. The lowest BCUT2D eigenvalue weighted by Crippen LogP contribution is -2.47. The molecule has 0 unspecified atom stereocenters. The molecular formula is C17H19NO6. The first-order valence-electron chi connectivity index (χ1n) is 7.46. The van der Waals surface area contributed by atoms with Crippen molar-refractivity contribution in [1.29, 1.82) is 0 Å². The van der Waals surface area contributed by atoms with Gasteiger partial charge >= 0.3 is 0 Å². The molecule has 3 atom stereocenters. The van der Waals surface area contributed by atoms with Crippen LogP contribution in [0.25, 0.3) is 0 Å². The Bertz CT molecular complexity index is 749. The van der Waals surface area contributed by atoms with E-state index in [2.05, 4.69) is 0 Å². The van der Waals surface area contributed by atoms with Crippen LogP contribution in [0, 0.1) is 16.0 Å². The molecule has 1 aliphatic carbocycles. The number of rotatable bonds is 4. The zero-order chi connectivity index (χ0) is 18.2. The maximum atomic E-state index is 12.2. The van der Waals surface area contributed by atoms with Crippen LogP contribution in [0.15, 0.2) is 35.6 Å². The minimum absolute atomic E-state index is 0.0159. The predicted molar refractivity (Wildman–Crippen MR) is 85.6 cm³/mol. The molecule has 2 N–H and O–H groups in total. The van der Waals surface area contributed by atoms with E-state index in [-0.39, 0.29) is 29.2 Å². The Kier molecular flexibility index (Phi) is 4.57. The SMILES string of the molecule is CC(=O)C1=C(O)C[C@@](C)(O)[C@@H](C(C)=O)[C@H]1c1cccc([N+](=O)[O-])c1. The molecule has 0 saturated heterocycles. The Balaban J connectivity index is 2.73. The van der Waals surface area contributed by atoms with Crippen LogP contribution in [-0.4, -0.2) is 32.3 Å². The summed E-state index contributed by atoms with van der Waals surface area (Å²) in [4.78, 5) is 34.7. The first kappa shape index (κ1) is 17.8. The highest BCUT2D eigenvalue weighted by Gasteiger charge is 2.49. The Morgan fingerprint density at radius 2 is 1.96 bits per heavy atom. The molecule has 0 bridgehead atoms. The molecule has 0 aliphatic heterocycles. The van der Waals surface area contributed by atoms with Gasteiger partial charge in [-0.3, -0.25) is 19.7 Å². The zero-order valence-electron chi connectivity index (χ0n) is 13.6. The fourth-order valence-electron chi connectivity index (χ4n) is 3.54. The highest BCUT2D eigenvalue weighted by molar-refractivity contribution is 5.97. The highest BCUT2D eigenvalue weighted by Crippen LogP contribution is 2.47. The third kappa shape index (κ3) is 3.07. The molecule has 1 aromatic rings. The van der Waals surface area contributed by atoms with E-state index in [4.69, 9.17) is 0 Å². The minimum atomic E-state index is -1.57. The van der Waals surface area contributed by atoms with Gasteiger partial charge in [0, 0.05) is 30.0 Å². The molecule has 0 radical (unpaired) electrons. The second-order valence-corrected chi connectivity index (χ2v) is 6.37. The van der Waals surface area contributed by atoms with Gasteiger partial charge in [-0.1, -0.05) is 12.1 Å². The summed E-state index contributed by atoms with van der Waals surface area (Å²) in [5.74, 6) is -3.02. The van der Waals surface area contributed by atoms with Crippen LogP contribution < -0.4 is 0 Å². The third-order valence-electron chi connectivity index (χ3n) is 4.41. The standard InChI is InChI=1S/C17H19NO6/c1-9(19)14-13(21)8-17(3,22)16(10(2)20)15(14)11-5-4-6-12(7-11)18(23)24/h4-7,15-16,21-22H,8H2,1-3H3/t15-,16-,17+/m0/s1. The van der Waals surface area contributed by atoms with E-state index in [9.17, 15) is 29.9 Å². The normalized spacial score (nSPS) is 27.0. The maximum Gasteiger partial charge on any atom is 0.269 e. The Labute approximate surface area is 138 Å². The highest BCUT2D eigenvalue weighted by atomic mass is 16.6. The summed E-state index contributed by atoms with van der Waals surface area (Å²) < 4.78 is 0. The van der Waals surface area contributed by atoms with Gasteiger partial charge in [0.2, 0.25) is 0 Å². The van der Waals surface area contributed by atoms with Crippen LogP contribution in [0.5, 0.6) is 0 Å². The summed E-state index contributed by atoms with van der Waals surface area (Å²) in [5.41, 5.74) is -1.41. The Morgan fingerprint density at radius 3 is 2.46 bits per heavy atom. The van der Waals surface area contributed by atoms with E-state index < -0.39 is 28.1 Å². The van der Waals surface area contributed by atoms with Gasteiger partial charge in [-0.25, -0.2) is 0 Å². The van der Waals surface area contributed by atoms with Gasteiger partial charge < -0.3 is 10.2 Å². The largest absolute Gasteiger partial charge is 0.512 e. The van der Waals surface area contributed by atoms with Gasteiger partial charge in [0.15, 0.2) is 5.78 Å². The van der Waals surface area contributed by atoms with Gasteiger partial charge in [0.25, 0.3) is 5.69 Å². The fourth-order valence-corrected chi connectivity index (χ4v) is 3.54. The van der Waals surface area contributed by atoms with Crippen LogP contribution >= 0.6 is 0 Å². The van der Waals surface area contributed by atoms with Crippen molar-refractivity contribution in [3.8, 4) is 0 Å². The Hall–Kier alpha value is -2.54. The average molecular weight is 333 g/mol. The molecule has 0 fully saturated rings. The van der Waals surface area contributed by atoms with Crippen molar-refractivity contribution in [2.45, 2.75) is 38.7 Å². The number of aliphatic hydroxyl groups is 2. The van der Waals surface area contributed by atoms with E-state index in [1.165, 1.54) is 39.0 Å². The number of carbonyl (C=O) groups is 2. The average Bonchev–Trinajstić information content (AvgIpc) is 2.44. The number of hydrogen-bond acceptors (Lipinski definition) is 6. The van der Waals surface area contributed by atoms with Crippen LogP contribution in [0.2, 0.25) is 0 Å². The quantitative estimate of drug-likeness (QED) is 0.645. The lowest BCUT2D eigenvalue weighted by atomic mass is 9.64. The Morgan fingerprint density at radius 1 is 1.33 bits per heavy atom. The van der Waals surface area contributed by atoms with Crippen LogP contribution in [0.3, 0.4) is 0 Å². The number of nitro groups is 1. The molecular weight excluding hydrogens is 314 g/mol. The molecule has 1 aliphatic rings. The molecule has 24 heavy (non-hydrogen) atoms. The second-order valence-electron chi connectivity index (χ2n) is 6.37. The number of Topliss-reactive ketones (excluding diaryl/α,β-unsaturated/α-hetero) is 2. The van der Waals surface area contributed by atoms with Crippen LogP contribution in [-0.2, 0) is 9.59 Å². The number of nitro benzene ring substituents is 1. The monoisotopic (exact) mass is 333 g/mol. The van der Waals surface area contributed by atoms with Crippen LogP contribution in [0.1, 0.15) is 38.7 Å². The van der Waals surface area contributed by atoms with E-state index >= 15 is 0 Å². The number of hydrogen-bond donors (Lipinski definition) is 2. The first-order chi connectivity index (χ1) is 11.1. The smallest absolute Gasteiger partial charge is 0.269 e. The van der Waals surface area contributed by atoms with Gasteiger partial charge in [-0.2, -0.15) is 0 Å². The molecule has 0 spiro atoms. The van der Waals surface area contributed by atoms with Gasteiger partial charge in [0.1, 0.15) is 11.5 Å². The maximum absolute atomic E-state index is 12.2. The van der Waals surface area contributed by atoms with E-state index in [1.807, 2.05) is 0 Å². The van der Waals surface area contributed by atoms with Gasteiger partial charge in [-0.05, 0) is 26.3 Å². The molecule has 0 saturated carbocycles. The van der Waals surface area contributed by atoms with Gasteiger partial charge in [-0.15, -0.1) is 0 Å². The number of ketones is 2. The third-order valence-corrected chi connectivity index (χ3v) is 4.41.